The highest BCUT2D eigenvalue weighted by atomic mass is 14.7. The van der Waals surface area contributed by atoms with Gasteiger partial charge < -0.3 is 0 Å². The lowest BCUT2D eigenvalue weighted by atomic mass is 9.91. The topological polar surface area (TPSA) is 12.9 Å². The molecule has 1 aromatic rings. The Morgan fingerprint density at radius 2 is 1.88 bits per heavy atom. The molecule has 1 heterocycles. The SMILES string of the molecule is CC(C)C1Cc2ccc(C(C)(C)C)nc2C1. The number of pyridine rings is 1. The van der Waals surface area contributed by atoms with E-state index in [2.05, 4.69) is 46.8 Å². The second-order valence-electron chi connectivity index (χ2n) is 6.46. The van der Waals surface area contributed by atoms with Crippen LogP contribution in [0.1, 0.15) is 51.6 Å². The minimum atomic E-state index is 0.172. The Labute approximate surface area is 99.3 Å². The molecule has 0 saturated heterocycles. The predicted molar refractivity (Wildman–Crippen MR) is 68.7 cm³/mol. The summed E-state index contributed by atoms with van der Waals surface area (Å²) < 4.78 is 0. The van der Waals surface area contributed by atoms with Crippen molar-refractivity contribution >= 4 is 0 Å². The van der Waals surface area contributed by atoms with Gasteiger partial charge in [0.2, 0.25) is 0 Å². The Hall–Kier alpha value is -0.850. The molecule has 0 N–H and O–H groups in total. The van der Waals surface area contributed by atoms with Gasteiger partial charge in [-0.3, -0.25) is 4.98 Å². The average molecular weight is 217 g/mol. The standard InChI is InChI=1S/C15H23N/c1-10(2)12-8-11-6-7-14(15(3,4)5)16-13(11)9-12/h6-7,10,12H,8-9H2,1-5H3. The van der Waals surface area contributed by atoms with E-state index in [1.54, 1.807) is 0 Å². The number of hydrogen-bond donors (Lipinski definition) is 0. The van der Waals surface area contributed by atoms with Crippen LogP contribution in [0.15, 0.2) is 12.1 Å². The lowest BCUT2D eigenvalue weighted by Crippen LogP contribution is -2.14. The zero-order valence-corrected chi connectivity index (χ0v) is 11.2. The second-order valence-corrected chi connectivity index (χ2v) is 6.46. The van der Waals surface area contributed by atoms with Crippen molar-refractivity contribution < 1.29 is 0 Å². The maximum Gasteiger partial charge on any atom is 0.0460 e. The third kappa shape index (κ3) is 2.14. The van der Waals surface area contributed by atoms with E-state index < -0.39 is 0 Å². The van der Waals surface area contributed by atoms with E-state index in [0.29, 0.717) is 0 Å². The highest BCUT2D eigenvalue weighted by Gasteiger charge is 2.26. The first-order chi connectivity index (χ1) is 7.38. The molecular weight excluding hydrogens is 194 g/mol. The fraction of sp³-hybridized carbons (Fsp3) is 0.667. The molecule has 88 valence electrons. The first kappa shape index (κ1) is 11.6. The second kappa shape index (κ2) is 3.87. The van der Waals surface area contributed by atoms with Gasteiger partial charge >= 0.3 is 0 Å². The monoisotopic (exact) mass is 217 g/mol. The van der Waals surface area contributed by atoms with Crippen molar-refractivity contribution in [3.63, 3.8) is 0 Å². The molecule has 1 aromatic heterocycles. The molecule has 1 aliphatic carbocycles. The van der Waals surface area contributed by atoms with Gasteiger partial charge in [0.1, 0.15) is 0 Å². The molecule has 2 rings (SSSR count). The summed E-state index contributed by atoms with van der Waals surface area (Å²) in [6, 6.07) is 4.51. The first-order valence-corrected chi connectivity index (χ1v) is 6.37. The molecule has 0 saturated carbocycles. The molecule has 0 radical (unpaired) electrons. The lowest BCUT2D eigenvalue weighted by molar-refractivity contribution is 0.402. The quantitative estimate of drug-likeness (QED) is 0.698. The van der Waals surface area contributed by atoms with Crippen molar-refractivity contribution in [2.45, 2.75) is 52.9 Å². The Balaban J connectivity index is 2.28. The average Bonchev–Trinajstić information content (AvgIpc) is 2.58. The fourth-order valence-electron chi connectivity index (χ4n) is 2.38. The van der Waals surface area contributed by atoms with Gasteiger partial charge in [-0.15, -0.1) is 0 Å². The van der Waals surface area contributed by atoms with Crippen LogP contribution in [-0.2, 0) is 18.3 Å². The van der Waals surface area contributed by atoms with Crippen LogP contribution in [0.2, 0.25) is 0 Å². The zero-order valence-electron chi connectivity index (χ0n) is 11.2. The first-order valence-electron chi connectivity index (χ1n) is 6.37. The van der Waals surface area contributed by atoms with Crippen LogP contribution < -0.4 is 0 Å². The maximum atomic E-state index is 4.86. The van der Waals surface area contributed by atoms with Crippen molar-refractivity contribution in [3.8, 4) is 0 Å². The third-order valence-electron chi connectivity index (χ3n) is 3.72. The van der Waals surface area contributed by atoms with Crippen LogP contribution in [0, 0.1) is 11.8 Å². The van der Waals surface area contributed by atoms with Crippen molar-refractivity contribution in [2.24, 2.45) is 11.8 Å². The van der Waals surface area contributed by atoms with Gasteiger partial charge in [0.05, 0.1) is 0 Å². The van der Waals surface area contributed by atoms with E-state index in [0.717, 1.165) is 11.8 Å². The van der Waals surface area contributed by atoms with Gasteiger partial charge in [-0.2, -0.15) is 0 Å². The molecule has 1 unspecified atom stereocenters. The van der Waals surface area contributed by atoms with E-state index in [4.69, 9.17) is 4.98 Å². The van der Waals surface area contributed by atoms with E-state index in [-0.39, 0.29) is 5.41 Å². The van der Waals surface area contributed by atoms with Gasteiger partial charge in [0.15, 0.2) is 0 Å². The highest BCUT2D eigenvalue weighted by molar-refractivity contribution is 5.30. The number of fused-ring (bicyclic) bond motifs is 1. The summed E-state index contributed by atoms with van der Waals surface area (Å²) in [6.07, 6.45) is 2.40. The molecule has 1 nitrogen and oxygen atoms in total. The van der Waals surface area contributed by atoms with Gasteiger partial charge in [-0.1, -0.05) is 40.7 Å². The lowest BCUT2D eigenvalue weighted by Gasteiger charge is -2.18. The van der Waals surface area contributed by atoms with Crippen LogP contribution in [0.25, 0.3) is 0 Å². The third-order valence-corrected chi connectivity index (χ3v) is 3.72. The summed E-state index contributed by atoms with van der Waals surface area (Å²) in [5.41, 5.74) is 4.23. The molecule has 1 heteroatoms. The van der Waals surface area contributed by atoms with Crippen molar-refractivity contribution in [2.75, 3.05) is 0 Å². The molecule has 0 amide bonds. The highest BCUT2D eigenvalue weighted by Crippen LogP contribution is 2.32. The van der Waals surface area contributed by atoms with E-state index in [9.17, 15) is 0 Å². The van der Waals surface area contributed by atoms with Crippen molar-refractivity contribution in [1.82, 2.24) is 4.98 Å². The minimum absolute atomic E-state index is 0.172. The molecule has 0 fully saturated rings. The number of nitrogens with zero attached hydrogens (tertiary/aromatic N) is 1. The summed E-state index contributed by atoms with van der Waals surface area (Å²) in [6.45, 7) is 11.3. The smallest absolute Gasteiger partial charge is 0.0460 e. The summed E-state index contributed by atoms with van der Waals surface area (Å²) in [4.78, 5) is 4.86. The molecule has 0 aliphatic heterocycles. The summed E-state index contributed by atoms with van der Waals surface area (Å²) in [7, 11) is 0. The molecule has 0 bridgehead atoms. The van der Waals surface area contributed by atoms with E-state index in [1.165, 1.54) is 29.8 Å². The molecule has 0 aromatic carbocycles. The summed E-state index contributed by atoms with van der Waals surface area (Å²) >= 11 is 0. The maximum absolute atomic E-state index is 4.86. The Kier molecular flexibility index (Phi) is 2.81. The van der Waals surface area contributed by atoms with E-state index >= 15 is 0 Å². The van der Waals surface area contributed by atoms with Gasteiger partial charge in [0.25, 0.3) is 0 Å². The number of hydrogen-bond acceptors (Lipinski definition) is 1. The van der Waals surface area contributed by atoms with Gasteiger partial charge in [-0.05, 0) is 36.3 Å². The minimum Gasteiger partial charge on any atom is -0.257 e. The fourth-order valence-corrected chi connectivity index (χ4v) is 2.38. The Bertz CT molecular complexity index is 385. The Morgan fingerprint density at radius 1 is 1.19 bits per heavy atom. The molecule has 16 heavy (non-hydrogen) atoms. The van der Waals surface area contributed by atoms with Crippen LogP contribution in [0.4, 0.5) is 0 Å². The molecule has 1 aliphatic rings. The number of aromatic nitrogens is 1. The van der Waals surface area contributed by atoms with Gasteiger partial charge in [0, 0.05) is 16.8 Å². The van der Waals surface area contributed by atoms with Crippen LogP contribution in [0.5, 0.6) is 0 Å². The van der Waals surface area contributed by atoms with Crippen molar-refractivity contribution in [1.29, 1.82) is 0 Å². The van der Waals surface area contributed by atoms with Crippen LogP contribution in [-0.4, -0.2) is 4.98 Å². The predicted octanol–water partition coefficient (Wildman–Crippen LogP) is 3.75. The van der Waals surface area contributed by atoms with Crippen molar-refractivity contribution in [3.05, 3.63) is 29.1 Å². The van der Waals surface area contributed by atoms with E-state index in [1.807, 2.05) is 0 Å². The number of rotatable bonds is 1. The van der Waals surface area contributed by atoms with Crippen LogP contribution >= 0.6 is 0 Å². The molecule has 1 atom stereocenters. The normalized spacial score (nSPS) is 20.2. The van der Waals surface area contributed by atoms with Crippen LogP contribution in [0.3, 0.4) is 0 Å². The molecule has 0 spiro atoms. The molecular formula is C15H23N. The van der Waals surface area contributed by atoms with Gasteiger partial charge in [-0.25, -0.2) is 0 Å². The largest absolute Gasteiger partial charge is 0.257 e. The zero-order chi connectivity index (χ0) is 11.9. The summed E-state index contributed by atoms with van der Waals surface area (Å²) in [5, 5.41) is 0. The summed E-state index contributed by atoms with van der Waals surface area (Å²) in [5.74, 6) is 1.57. The Morgan fingerprint density at radius 3 is 2.44 bits per heavy atom.